The first-order valence-electron chi connectivity index (χ1n) is 5.94. The van der Waals surface area contributed by atoms with Gasteiger partial charge in [0.15, 0.2) is 0 Å². The van der Waals surface area contributed by atoms with E-state index >= 15 is 0 Å². The van der Waals surface area contributed by atoms with E-state index in [-0.39, 0.29) is 5.69 Å². The van der Waals surface area contributed by atoms with Gasteiger partial charge >= 0.3 is 0 Å². The van der Waals surface area contributed by atoms with Crippen LogP contribution in [0.1, 0.15) is 12.7 Å². The summed E-state index contributed by atoms with van der Waals surface area (Å²) in [5, 5.41) is 13.8. The standard InChI is InChI=1S/C13H14N4O2/c1-3-12-15-11(8-13(14-2)16-12)9-5-4-6-10(7-9)17(18)19/h4-8H,3H2,1-2H3,(H,14,15,16). The lowest BCUT2D eigenvalue weighted by Crippen LogP contribution is -2.00. The maximum atomic E-state index is 10.8. The number of hydrogen-bond donors (Lipinski definition) is 1. The maximum absolute atomic E-state index is 10.8. The number of anilines is 1. The van der Waals surface area contributed by atoms with Gasteiger partial charge in [0.25, 0.3) is 5.69 Å². The van der Waals surface area contributed by atoms with Crippen molar-refractivity contribution in [2.75, 3.05) is 12.4 Å². The lowest BCUT2D eigenvalue weighted by molar-refractivity contribution is -0.384. The number of benzene rings is 1. The Morgan fingerprint density at radius 1 is 1.32 bits per heavy atom. The third-order valence-corrected chi connectivity index (χ3v) is 2.70. The Morgan fingerprint density at radius 3 is 2.74 bits per heavy atom. The van der Waals surface area contributed by atoms with Gasteiger partial charge in [0.1, 0.15) is 11.6 Å². The molecule has 0 aliphatic rings. The molecule has 0 atom stereocenters. The lowest BCUT2D eigenvalue weighted by Gasteiger charge is -2.06. The summed E-state index contributed by atoms with van der Waals surface area (Å²) in [5.41, 5.74) is 1.45. The first kappa shape index (κ1) is 12.9. The van der Waals surface area contributed by atoms with Crippen LogP contribution in [0.4, 0.5) is 11.5 Å². The molecule has 1 aromatic heterocycles. The second-order valence-electron chi connectivity index (χ2n) is 3.97. The molecule has 0 bridgehead atoms. The molecule has 1 aromatic carbocycles. The van der Waals surface area contributed by atoms with E-state index in [9.17, 15) is 10.1 Å². The monoisotopic (exact) mass is 258 g/mol. The van der Waals surface area contributed by atoms with Crippen LogP contribution in [0.15, 0.2) is 30.3 Å². The van der Waals surface area contributed by atoms with Gasteiger partial charge in [0.05, 0.1) is 10.6 Å². The number of rotatable bonds is 4. The summed E-state index contributed by atoms with van der Waals surface area (Å²) in [6.07, 6.45) is 0.706. The Morgan fingerprint density at radius 2 is 2.11 bits per heavy atom. The highest BCUT2D eigenvalue weighted by Gasteiger charge is 2.10. The fourth-order valence-electron chi connectivity index (χ4n) is 1.71. The maximum Gasteiger partial charge on any atom is 0.270 e. The SMILES string of the molecule is CCc1nc(NC)cc(-c2cccc([N+](=O)[O-])c2)n1. The van der Waals surface area contributed by atoms with Crippen molar-refractivity contribution in [3.8, 4) is 11.3 Å². The van der Waals surface area contributed by atoms with E-state index in [1.54, 1.807) is 25.2 Å². The van der Waals surface area contributed by atoms with Gasteiger partial charge in [-0.15, -0.1) is 0 Å². The quantitative estimate of drug-likeness (QED) is 0.673. The predicted molar refractivity (Wildman–Crippen MR) is 73.0 cm³/mol. The molecule has 0 saturated carbocycles. The van der Waals surface area contributed by atoms with Crippen molar-refractivity contribution < 1.29 is 4.92 Å². The van der Waals surface area contributed by atoms with Crippen LogP contribution in [-0.4, -0.2) is 21.9 Å². The Labute approximate surface area is 110 Å². The van der Waals surface area contributed by atoms with E-state index in [1.165, 1.54) is 12.1 Å². The molecule has 6 heteroatoms. The molecule has 2 rings (SSSR count). The zero-order valence-corrected chi connectivity index (χ0v) is 10.8. The Kier molecular flexibility index (Phi) is 3.70. The number of non-ortho nitro benzene ring substituents is 1. The normalized spacial score (nSPS) is 10.2. The molecule has 0 unspecified atom stereocenters. The minimum absolute atomic E-state index is 0.0557. The first-order valence-corrected chi connectivity index (χ1v) is 5.94. The van der Waals surface area contributed by atoms with Crippen LogP contribution >= 0.6 is 0 Å². The average molecular weight is 258 g/mol. The van der Waals surface area contributed by atoms with Crippen LogP contribution in [0.5, 0.6) is 0 Å². The van der Waals surface area contributed by atoms with E-state index in [0.717, 1.165) is 0 Å². The van der Waals surface area contributed by atoms with Gasteiger partial charge in [-0.1, -0.05) is 19.1 Å². The lowest BCUT2D eigenvalue weighted by atomic mass is 10.1. The molecule has 98 valence electrons. The van der Waals surface area contributed by atoms with Gasteiger partial charge in [-0.05, 0) is 0 Å². The Bertz CT molecular complexity index is 591. The van der Waals surface area contributed by atoms with Crippen LogP contribution in [0.25, 0.3) is 11.3 Å². The summed E-state index contributed by atoms with van der Waals surface area (Å²) < 4.78 is 0. The van der Waals surface area contributed by atoms with Crippen molar-refractivity contribution in [2.45, 2.75) is 13.3 Å². The highest BCUT2D eigenvalue weighted by Crippen LogP contribution is 2.24. The molecule has 0 amide bonds. The molecule has 2 aromatic rings. The molecule has 0 aliphatic carbocycles. The van der Waals surface area contributed by atoms with E-state index in [2.05, 4.69) is 15.3 Å². The van der Waals surface area contributed by atoms with E-state index in [0.29, 0.717) is 29.3 Å². The van der Waals surface area contributed by atoms with Crippen LogP contribution < -0.4 is 5.32 Å². The van der Waals surface area contributed by atoms with Crippen LogP contribution in [0.2, 0.25) is 0 Å². The zero-order valence-electron chi connectivity index (χ0n) is 10.8. The van der Waals surface area contributed by atoms with Gasteiger partial charge in [-0.3, -0.25) is 10.1 Å². The number of nitro groups is 1. The molecule has 0 spiro atoms. The molecule has 0 aliphatic heterocycles. The minimum atomic E-state index is -0.412. The first-order chi connectivity index (χ1) is 9.13. The van der Waals surface area contributed by atoms with Crippen molar-refractivity contribution in [1.29, 1.82) is 0 Å². The van der Waals surface area contributed by atoms with Crippen molar-refractivity contribution in [3.05, 3.63) is 46.3 Å². The van der Waals surface area contributed by atoms with E-state index in [1.807, 2.05) is 6.92 Å². The van der Waals surface area contributed by atoms with Gasteiger partial charge < -0.3 is 5.32 Å². The van der Waals surface area contributed by atoms with Crippen molar-refractivity contribution in [2.24, 2.45) is 0 Å². The number of hydrogen-bond acceptors (Lipinski definition) is 5. The molecule has 1 N–H and O–H groups in total. The van der Waals surface area contributed by atoms with Crippen LogP contribution in [0.3, 0.4) is 0 Å². The van der Waals surface area contributed by atoms with Gasteiger partial charge in [-0.25, -0.2) is 9.97 Å². The summed E-state index contributed by atoms with van der Waals surface area (Å²) >= 11 is 0. The van der Waals surface area contributed by atoms with Gasteiger partial charge in [0.2, 0.25) is 0 Å². The smallest absolute Gasteiger partial charge is 0.270 e. The van der Waals surface area contributed by atoms with E-state index < -0.39 is 4.92 Å². The van der Waals surface area contributed by atoms with Crippen molar-refractivity contribution >= 4 is 11.5 Å². The molecule has 0 fully saturated rings. The molecule has 1 heterocycles. The summed E-state index contributed by atoms with van der Waals surface area (Å²) in [4.78, 5) is 19.1. The second kappa shape index (κ2) is 5.43. The van der Waals surface area contributed by atoms with Crippen LogP contribution in [-0.2, 0) is 6.42 Å². The average Bonchev–Trinajstić information content (AvgIpc) is 2.46. The molecule has 0 saturated heterocycles. The predicted octanol–water partition coefficient (Wildman–Crippen LogP) is 2.66. The third kappa shape index (κ3) is 2.85. The number of nitro benzene ring substituents is 1. The highest BCUT2D eigenvalue weighted by atomic mass is 16.6. The fourth-order valence-corrected chi connectivity index (χ4v) is 1.71. The number of nitrogens with one attached hydrogen (secondary N) is 1. The Hall–Kier alpha value is -2.50. The van der Waals surface area contributed by atoms with E-state index in [4.69, 9.17) is 0 Å². The number of aromatic nitrogens is 2. The molecule has 19 heavy (non-hydrogen) atoms. The molecular formula is C13H14N4O2. The molecular weight excluding hydrogens is 244 g/mol. The fraction of sp³-hybridized carbons (Fsp3) is 0.231. The Balaban J connectivity index is 2.51. The molecule has 0 radical (unpaired) electrons. The second-order valence-corrected chi connectivity index (χ2v) is 3.97. The van der Waals surface area contributed by atoms with Crippen molar-refractivity contribution in [1.82, 2.24) is 9.97 Å². The summed E-state index contributed by atoms with van der Waals surface area (Å²) in [7, 11) is 1.78. The summed E-state index contributed by atoms with van der Waals surface area (Å²) in [5.74, 6) is 1.40. The third-order valence-electron chi connectivity index (χ3n) is 2.70. The largest absolute Gasteiger partial charge is 0.373 e. The number of aryl methyl sites for hydroxylation is 1. The van der Waals surface area contributed by atoms with Crippen molar-refractivity contribution in [3.63, 3.8) is 0 Å². The highest BCUT2D eigenvalue weighted by molar-refractivity contribution is 5.65. The zero-order chi connectivity index (χ0) is 13.8. The molecule has 6 nitrogen and oxygen atoms in total. The van der Waals surface area contributed by atoms with Gasteiger partial charge in [0, 0.05) is 37.2 Å². The number of nitrogens with zero attached hydrogens (tertiary/aromatic N) is 3. The van der Waals surface area contributed by atoms with Gasteiger partial charge in [-0.2, -0.15) is 0 Å². The van der Waals surface area contributed by atoms with Crippen LogP contribution in [0, 0.1) is 10.1 Å². The summed E-state index contributed by atoms with van der Waals surface area (Å²) in [6, 6.07) is 8.21. The minimum Gasteiger partial charge on any atom is -0.373 e. The summed E-state index contributed by atoms with van der Waals surface area (Å²) in [6.45, 7) is 1.96. The topological polar surface area (TPSA) is 81.0 Å².